The average Bonchev–Trinajstić information content (AvgIpc) is 3.32. The van der Waals surface area contributed by atoms with Gasteiger partial charge in [0.15, 0.2) is 5.58 Å². The molecular formula is C23H24N4O3S2. The van der Waals surface area contributed by atoms with Gasteiger partial charge in [-0.2, -0.15) is 0 Å². The van der Waals surface area contributed by atoms with E-state index in [0.717, 1.165) is 21.3 Å². The first kappa shape index (κ1) is 22.3. The maximum Gasteiger partial charge on any atom is 0.419 e. The maximum absolute atomic E-state index is 12.7. The fraction of sp³-hybridized carbons (Fsp3) is 0.261. The molecule has 7 nitrogen and oxygen atoms in total. The van der Waals surface area contributed by atoms with Crippen LogP contribution in [0, 0.1) is 6.92 Å². The van der Waals surface area contributed by atoms with Crippen LogP contribution in [0.3, 0.4) is 0 Å². The van der Waals surface area contributed by atoms with Crippen molar-refractivity contribution in [2.24, 2.45) is 0 Å². The van der Waals surface area contributed by atoms with Crippen molar-refractivity contribution in [3.05, 3.63) is 74.7 Å². The number of thioether (sulfide) groups is 1. The zero-order chi connectivity index (χ0) is 22.7. The molecule has 0 atom stereocenters. The normalized spacial score (nSPS) is 11.4. The minimum absolute atomic E-state index is 0.207. The Labute approximate surface area is 194 Å². The Bertz CT molecular complexity index is 1290. The average molecular weight is 469 g/mol. The van der Waals surface area contributed by atoms with Gasteiger partial charge in [0.2, 0.25) is 0 Å². The number of benzene rings is 2. The van der Waals surface area contributed by atoms with Gasteiger partial charge in [-0.25, -0.2) is 9.78 Å². The van der Waals surface area contributed by atoms with Gasteiger partial charge in [0.1, 0.15) is 0 Å². The molecule has 4 rings (SSSR count). The molecule has 1 amide bonds. The highest BCUT2D eigenvalue weighted by atomic mass is 32.2. The molecule has 2 aromatic carbocycles. The van der Waals surface area contributed by atoms with Crippen molar-refractivity contribution in [3.63, 3.8) is 0 Å². The first-order valence-electron chi connectivity index (χ1n) is 10.1. The molecule has 4 aromatic rings. The number of amides is 1. The monoisotopic (exact) mass is 468 g/mol. The summed E-state index contributed by atoms with van der Waals surface area (Å²) in [7, 11) is 3.89. The van der Waals surface area contributed by atoms with Gasteiger partial charge in [0.05, 0.1) is 16.2 Å². The molecule has 0 spiro atoms. The summed E-state index contributed by atoms with van der Waals surface area (Å²) in [5, 5.41) is 6.05. The summed E-state index contributed by atoms with van der Waals surface area (Å²) < 4.78 is 6.90. The molecule has 2 aromatic heterocycles. The van der Waals surface area contributed by atoms with Gasteiger partial charge in [0.25, 0.3) is 5.91 Å². The van der Waals surface area contributed by atoms with E-state index < -0.39 is 5.76 Å². The number of carbonyl (C=O) groups excluding carboxylic acids is 1. The third-order valence-electron chi connectivity index (χ3n) is 4.87. The summed E-state index contributed by atoms with van der Waals surface area (Å²) in [5.74, 6) is 0.198. The Balaban J connectivity index is 1.43. The molecule has 0 aliphatic rings. The third kappa shape index (κ3) is 5.29. The lowest BCUT2D eigenvalue weighted by Crippen LogP contribution is -2.23. The zero-order valence-corrected chi connectivity index (χ0v) is 19.8. The smallest absolute Gasteiger partial charge is 0.408 e. The molecule has 0 unspecified atom stereocenters. The van der Waals surface area contributed by atoms with Crippen LogP contribution in [0.4, 0.5) is 5.69 Å². The summed E-state index contributed by atoms with van der Waals surface area (Å²) >= 11 is 3.34. The van der Waals surface area contributed by atoms with Gasteiger partial charge in [-0.05, 0) is 63.5 Å². The number of fused-ring (bicyclic) bond motifs is 1. The van der Waals surface area contributed by atoms with Crippen LogP contribution in [0.2, 0.25) is 0 Å². The van der Waals surface area contributed by atoms with Crippen LogP contribution in [0.1, 0.15) is 21.1 Å². The van der Waals surface area contributed by atoms with Crippen molar-refractivity contribution < 1.29 is 9.21 Å². The van der Waals surface area contributed by atoms with E-state index in [1.54, 1.807) is 45.9 Å². The zero-order valence-electron chi connectivity index (χ0n) is 18.1. The Morgan fingerprint density at radius 1 is 1.22 bits per heavy atom. The first-order valence-corrected chi connectivity index (χ1v) is 12.0. The van der Waals surface area contributed by atoms with Crippen LogP contribution in [0.25, 0.3) is 11.1 Å². The standard InChI is InChI=1S/C23H24N4O3S2/c1-15-24-18(13-31-15)14-32-19-7-4-16(5-8-19)22(28)25-17-6-9-21-20(12-17)27(23(29)30-21)11-10-26(2)3/h4-9,12-13H,10-11,14H2,1-3H3,(H,25,28). The maximum atomic E-state index is 12.7. The van der Waals surface area contributed by atoms with Crippen molar-refractivity contribution in [1.82, 2.24) is 14.5 Å². The third-order valence-corrected chi connectivity index (χ3v) is 6.73. The summed E-state index contributed by atoms with van der Waals surface area (Å²) in [4.78, 5) is 32.4. The second-order valence-corrected chi connectivity index (χ2v) is 9.74. The fourth-order valence-electron chi connectivity index (χ4n) is 3.19. The number of nitrogens with one attached hydrogen (secondary N) is 1. The largest absolute Gasteiger partial charge is 0.419 e. The van der Waals surface area contributed by atoms with E-state index in [0.29, 0.717) is 35.4 Å². The first-order chi connectivity index (χ1) is 15.4. The Hall–Kier alpha value is -2.88. The number of aryl methyl sites for hydroxylation is 1. The number of rotatable bonds is 8. The number of anilines is 1. The van der Waals surface area contributed by atoms with Gasteiger partial charge in [0, 0.05) is 40.4 Å². The molecule has 0 fully saturated rings. The quantitative estimate of drug-likeness (QED) is 0.385. The van der Waals surface area contributed by atoms with Crippen molar-refractivity contribution >= 4 is 45.8 Å². The minimum atomic E-state index is -0.397. The molecule has 0 bridgehead atoms. The topological polar surface area (TPSA) is 80.4 Å². The molecule has 166 valence electrons. The Kier molecular flexibility index (Phi) is 6.78. The van der Waals surface area contributed by atoms with Gasteiger partial charge in [-0.3, -0.25) is 9.36 Å². The SMILES string of the molecule is Cc1nc(CSc2ccc(C(=O)Nc3ccc4oc(=O)n(CCN(C)C)c4c3)cc2)cs1. The minimum Gasteiger partial charge on any atom is -0.408 e. The molecule has 0 aliphatic carbocycles. The fourth-order valence-corrected chi connectivity index (χ4v) is 4.70. The van der Waals surface area contributed by atoms with Crippen molar-refractivity contribution in [1.29, 1.82) is 0 Å². The highest BCUT2D eigenvalue weighted by Gasteiger charge is 2.12. The molecular weight excluding hydrogens is 444 g/mol. The summed E-state index contributed by atoms with van der Waals surface area (Å²) in [6, 6.07) is 12.7. The van der Waals surface area contributed by atoms with Crippen molar-refractivity contribution in [2.45, 2.75) is 24.1 Å². The number of thiazole rings is 1. The van der Waals surface area contributed by atoms with Crippen molar-refractivity contribution in [2.75, 3.05) is 26.0 Å². The van der Waals surface area contributed by atoms with Crippen LogP contribution < -0.4 is 11.1 Å². The summed E-state index contributed by atoms with van der Waals surface area (Å²) in [6.45, 7) is 3.22. The Morgan fingerprint density at radius 3 is 2.69 bits per heavy atom. The highest BCUT2D eigenvalue weighted by Crippen LogP contribution is 2.24. The van der Waals surface area contributed by atoms with E-state index in [1.165, 1.54) is 0 Å². The second-order valence-electron chi connectivity index (χ2n) is 7.63. The number of hydrogen-bond acceptors (Lipinski definition) is 7. The van der Waals surface area contributed by atoms with Crippen LogP contribution in [-0.4, -0.2) is 41.0 Å². The van der Waals surface area contributed by atoms with E-state index in [4.69, 9.17) is 4.42 Å². The lowest BCUT2D eigenvalue weighted by atomic mass is 10.2. The van der Waals surface area contributed by atoms with Crippen LogP contribution in [-0.2, 0) is 12.3 Å². The summed E-state index contributed by atoms with van der Waals surface area (Å²) in [5.41, 5.74) is 3.41. The molecule has 9 heteroatoms. The molecule has 2 heterocycles. The van der Waals surface area contributed by atoms with Crippen LogP contribution in [0.15, 0.2) is 62.0 Å². The second kappa shape index (κ2) is 9.72. The number of likely N-dealkylation sites (N-methyl/N-ethyl adjacent to an activating group) is 1. The van der Waals surface area contributed by atoms with E-state index in [9.17, 15) is 9.59 Å². The molecule has 32 heavy (non-hydrogen) atoms. The molecule has 0 radical (unpaired) electrons. The van der Waals surface area contributed by atoms with Crippen LogP contribution >= 0.6 is 23.1 Å². The number of carbonyl (C=O) groups is 1. The molecule has 1 N–H and O–H groups in total. The molecule has 0 saturated carbocycles. The Morgan fingerprint density at radius 2 is 2.00 bits per heavy atom. The van der Waals surface area contributed by atoms with Gasteiger partial charge in [-0.1, -0.05) is 0 Å². The number of oxazole rings is 1. The van der Waals surface area contributed by atoms with Crippen molar-refractivity contribution in [3.8, 4) is 0 Å². The lowest BCUT2D eigenvalue weighted by Gasteiger charge is -2.10. The van der Waals surface area contributed by atoms with Gasteiger partial charge < -0.3 is 14.6 Å². The molecule has 0 saturated heterocycles. The molecule has 0 aliphatic heterocycles. The lowest BCUT2D eigenvalue weighted by molar-refractivity contribution is 0.102. The van der Waals surface area contributed by atoms with E-state index in [2.05, 4.69) is 15.7 Å². The van der Waals surface area contributed by atoms with E-state index in [-0.39, 0.29) is 5.91 Å². The van der Waals surface area contributed by atoms with Gasteiger partial charge in [-0.15, -0.1) is 23.1 Å². The van der Waals surface area contributed by atoms with Crippen LogP contribution in [0.5, 0.6) is 0 Å². The number of nitrogens with zero attached hydrogens (tertiary/aromatic N) is 3. The summed E-state index contributed by atoms with van der Waals surface area (Å²) in [6.07, 6.45) is 0. The predicted molar refractivity (Wildman–Crippen MR) is 130 cm³/mol. The predicted octanol–water partition coefficient (Wildman–Crippen LogP) is 4.47. The van der Waals surface area contributed by atoms with E-state index >= 15 is 0 Å². The highest BCUT2D eigenvalue weighted by molar-refractivity contribution is 7.98. The number of hydrogen-bond donors (Lipinski definition) is 1. The number of aromatic nitrogens is 2. The van der Waals surface area contributed by atoms with Gasteiger partial charge >= 0.3 is 5.76 Å². The van der Waals surface area contributed by atoms with E-state index in [1.807, 2.05) is 50.2 Å².